The standard InChI is InChI=1S/C19H21NO7/c1-6-25-19(24)17-11(4)20-10(3)16(17)13(21)8-26-18(23)15-9(2)7-14(22)27-12(15)5/h7,20H,6,8H2,1-5H3. The first-order chi connectivity index (χ1) is 12.7. The normalized spacial score (nSPS) is 10.6. The van der Waals surface area contributed by atoms with Crippen LogP contribution < -0.4 is 5.63 Å². The summed E-state index contributed by atoms with van der Waals surface area (Å²) in [6.07, 6.45) is 0. The number of ether oxygens (including phenoxy) is 2. The number of ketones is 1. The number of hydrogen-bond acceptors (Lipinski definition) is 7. The molecule has 27 heavy (non-hydrogen) atoms. The van der Waals surface area contributed by atoms with E-state index in [2.05, 4.69) is 4.98 Å². The van der Waals surface area contributed by atoms with Gasteiger partial charge in [0.05, 0.1) is 17.7 Å². The van der Waals surface area contributed by atoms with Crippen molar-refractivity contribution in [1.29, 1.82) is 0 Å². The molecule has 2 rings (SSSR count). The summed E-state index contributed by atoms with van der Waals surface area (Å²) in [5.41, 5.74) is 1.15. The molecule has 0 radical (unpaired) electrons. The molecule has 0 aliphatic carbocycles. The van der Waals surface area contributed by atoms with E-state index in [9.17, 15) is 19.2 Å². The minimum absolute atomic E-state index is 0.0926. The van der Waals surface area contributed by atoms with Crippen molar-refractivity contribution in [2.75, 3.05) is 13.2 Å². The Bertz CT molecular complexity index is 939. The van der Waals surface area contributed by atoms with Gasteiger partial charge in [-0.25, -0.2) is 14.4 Å². The van der Waals surface area contributed by atoms with Gasteiger partial charge < -0.3 is 18.9 Å². The van der Waals surface area contributed by atoms with Crippen molar-refractivity contribution in [3.8, 4) is 0 Å². The first-order valence-corrected chi connectivity index (χ1v) is 8.35. The van der Waals surface area contributed by atoms with Gasteiger partial charge in [-0.05, 0) is 40.2 Å². The predicted octanol–water partition coefficient (Wildman–Crippen LogP) is 2.42. The number of nitrogens with one attached hydrogen (secondary N) is 1. The Kier molecular flexibility index (Phi) is 5.99. The second-order valence-corrected chi connectivity index (χ2v) is 6.02. The van der Waals surface area contributed by atoms with Crippen LogP contribution in [-0.2, 0) is 9.47 Å². The van der Waals surface area contributed by atoms with Crippen molar-refractivity contribution in [1.82, 2.24) is 4.98 Å². The molecular weight excluding hydrogens is 354 g/mol. The number of carbonyl (C=O) groups excluding carboxylic acids is 3. The number of rotatable bonds is 6. The number of aromatic nitrogens is 1. The fourth-order valence-electron chi connectivity index (χ4n) is 2.93. The van der Waals surface area contributed by atoms with Gasteiger partial charge in [-0.1, -0.05) is 0 Å². The molecule has 2 heterocycles. The third kappa shape index (κ3) is 4.16. The summed E-state index contributed by atoms with van der Waals surface area (Å²) in [5, 5.41) is 0. The maximum absolute atomic E-state index is 12.6. The van der Waals surface area contributed by atoms with Crippen molar-refractivity contribution in [3.63, 3.8) is 0 Å². The van der Waals surface area contributed by atoms with Crippen LogP contribution in [0.5, 0.6) is 0 Å². The summed E-state index contributed by atoms with van der Waals surface area (Å²) in [6, 6.07) is 1.17. The Morgan fingerprint density at radius 3 is 2.15 bits per heavy atom. The molecule has 0 aliphatic rings. The Labute approximate surface area is 155 Å². The molecule has 1 N–H and O–H groups in total. The van der Waals surface area contributed by atoms with Gasteiger partial charge >= 0.3 is 17.6 Å². The van der Waals surface area contributed by atoms with Crippen LogP contribution in [0.15, 0.2) is 15.3 Å². The average molecular weight is 375 g/mol. The SMILES string of the molecule is CCOC(=O)c1c(C)[nH]c(C)c1C(=O)COC(=O)c1c(C)cc(=O)oc1C. The molecule has 2 aromatic rings. The average Bonchev–Trinajstić information content (AvgIpc) is 2.86. The number of aryl methyl sites for hydroxylation is 4. The highest BCUT2D eigenvalue weighted by Crippen LogP contribution is 2.21. The van der Waals surface area contributed by atoms with Crippen molar-refractivity contribution in [3.05, 3.63) is 55.9 Å². The maximum Gasteiger partial charge on any atom is 0.342 e. The first kappa shape index (κ1) is 20.2. The third-order valence-corrected chi connectivity index (χ3v) is 4.01. The van der Waals surface area contributed by atoms with E-state index < -0.39 is 30.0 Å². The highest BCUT2D eigenvalue weighted by Gasteiger charge is 2.26. The number of H-pyrrole nitrogens is 1. The maximum atomic E-state index is 12.6. The van der Waals surface area contributed by atoms with Crippen LogP contribution >= 0.6 is 0 Å². The number of hydrogen-bond donors (Lipinski definition) is 1. The fourth-order valence-corrected chi connectivity index (χ4v) is 2.93. The van der Waals surface area contributed by atoms with Crippen molar-refractivity contribution < 1.29 is 28.3 Å². The molecule has 0 aromatic carbocycles. The lowest BCUT2D eigenvalue weighted by Gasteiger charge is -2.09. The molecule has 0 unspecified atom stereocenters. The summed E-state index contributed by atoms with van der Waals surface area (Å²) in [5.74, 6) is -1.84. The summed E-state index contributed by atoms with van der Waals surface area (Å²) in [4.78, 5) is 51.3. The van der Waals surface area contributed by atoms with Crippen LogP contribution in [0.4, 0.5) is 0 Å². The monoisotopic (exact) mass is 375 g/mol. The first-order valence-electron chi connectivity index (χ1n) is 8.35. The molecule has 0 saturated heterocycles. The van der Waals surface area contributed by atoms with E-state index in [4.69, 9.17) is 13.9 Å². The van der Waals surface area contributed by atoms with E-state index in [1.54, 1.807) is 27.7 Å². The molecule has 0 aliphatic heterocycles. The molecule has 0 bridgehead atoms. The lowest BCUT2D eigenvalue weighted by molar-refractivity contribution is 0.0467. The minimum atomic E-state index is -0.787. The van der Waals surface area contributed by atoms with E-state index in [0.29, 0.717) is 17.0 Å². The molecule has 0 atom stereocenters. The summed E-state index contributed by atoms with van der Waals surface area (Å²) in [7, 11) is 0. The van der Waals surface area contributed by atoms with Crippen LogP contribution in [0, 0.1) is 27.7 Å². The van der Waals surface area contributed by atoms with Gasteiger partial charge in [-0.3, -0.25) is 4.79 Å². The second-order valence-electron chi connectivity index (χ2n) is 6.02. The lowest BCUT2D eigenvalue weighted by atomic mass is 10.1. The van der Waals surface area contributed by atoms with Gasteiger partial charge in [0.2, 0.25) is 5.78 Å². The van der Waals surface area contributed by atoms with Crippen molar-refractivity contribution >= 4 is 17.7 Å². The van der Waals surface area contributed by atoms with Gasteiger partial charge in [0.1, 0.15) is 11.3 Å². The van der Waals surface area contributed by atoms with Gasteiger partial charge in [0, 0.05) is 17.5 Å². The topological polar surface area (TPSA) is 116 Å². The quantitative estimate of drug-likeness (QED) is 0.609. The summed E-state index contributed by atoms with van der Waals surface area (Å²) >= 11 is 0. The van der Waals surface area contributed by atoms with Gasteiger partial charge in [-0.15, -0.1) is 0 Å². The van der Waals surface area contributed by atoms with Crippen LogP contribution in [-0.4, -0.2) is 35.9 Å². The van der Waals surface area contributed by atoms with Gasteiger partial charge in [0.15, 0.2) is 6.61 Å². The number of Topliss-reactive ketones (excluding diaryl/α,β-unsaturated/α-hetero) is 1. The van der Waals surface area contributed by atoms with Crippen molar-refractivity contribution in [2.45, 2.75) is 34.6 Å². The molecule has 8 heteroatoms. The number of aromatic amines is 1. The molecule has 0 spiro atoms. The zero-order chi connectivity index (χ0) is 20.3. The van der Waals surface area contributed by atoms with Crippen LogP contribution in [0.1, 0.15) is 60.7 Å². The lowest BCUT2D eigenvalue weighted by Crippen LogP contribution is -2.19. The van der Waals surface area contributed by atoms with Gasteiger partial charge in [0.25, 0.3) is 0 Å². The van der Waals surface area contributed by atoms with E-state index in [1.807, 2.05) is 0 Å². The number of esters is 2. The number of carbonyl (C=O) groups is 3. The van der Waals surface area contributed by atoms with Crippen LogP contribution in [0.25, 0.3) is 0 Å². The summed E-state index contributed by atoms with van der Waals surface area (Å²) < 4.78 is 15.0. The summed E-state index contributed by atoms with van der Waals surface area (Å²) in [6.45, 7) is 7.60. The second kappa shape index (κ2) is 8.03. The molecule has 0 amide bonds. The third-order valence-electron chi connectivity index (χ3n) is 4.01. The molecule has 8 nitrogen and oxygen atoms in total. The zero-order valence-electron chi connectivity index (χ0n) is 15.8. The Morgan fingerprint density at radius 1 is 0.963 bits per heavy atom. The highest BCUT2D eigenvalue weighted by molar-refractivity contribution is 6.09. The van der Waals surface area contributed by atoms with Crippen molar-refractivity contribution in [2.24, 2.45) is 0 Å². The molecular formula is C19H21NO7. The minimum Gasteiger partial charge on any atom is -0.462 e. The Hall–Kier alpha value is -3.16. The fraction of sp³-hybridized carbons (Fsp3) is 0.368. The van der Waals surface area contributed by atoms with Crippen LogP contribution in [0.2, 0.25) is 0 Å². The van der Waals surface area contributed by atoms with E-state index in [0.717, 1.165) is 0 Å². The molecule has 0 fully saturated rings. The molecule has 144 valence electrons. The largest absolute Gasteiger partial charge is 0.462 e. The molecule has 0 saturated carbocycles. The van der Waals surface area contributed by atoms with E-state index >= 15 is 0 Å². The Balaban J connectivity index is 2.23. The van der Waals surface area contributed by atoms with Gasteiger partial charge in [-0.2, -0.15) is 0 Å². The smallest absolute Gasteiger partial charge is 0.342 e. The zero-order valence-corrected chi connectivity index (χ0v) is 15.8. The highest BCUT2D eigenvalue weighted by atomic mass is 16.5. The molecule has 2 aromatic heterocycles. The predicted molar refractivity (Wildman–Crippen MR) is 95.3 cm³/mol. The Morgan fingerprint density at radius 2 is 1.56 bits per heavy atom. The van der Waals surface area contributed by atoms with E-state index in [1.165, 1.54) is 13.0 Å². The van der Waals surface area contributed by atoms with Crippen LogP contribution in [0.3, 0.4) is 0 Å². The van der Waals surface area contributed by atoms with E-state index in [-0.39, 0.29) is 29.1 Å².